The first-order chi connectivity index (χ1) is 5.25. The summed E-state index contributed by atoms with van der Waals surface area (Å²) in [6, 6.07) is 6.60. The first-order valence-corrected chi connectivity index (χ1v) is 5.59. The summed E-state index contributed by atoms with van der Waals surface area (Å²) in [6.07, 6.45) is 2.47. The zero-order chi connectivity index (χ0) is 7.84. The predicted molar refractivity (Wildman–Crippen MR) is 51.1 cm³/mol. The molecular formula is C9H8AsBr. The molecule has 2 heteroatoms. The van der Waals surface area contributed by atoms with Gasteiger partial charge in [0, 0.05) is 0 Å². The molecule has 11 heavy (non-hydrogen) atoms. The molecule has 1 aliphatic rings. The Morgan fingerprint density at radius 2 is 2.00 bits per heavy atom. The summed E-state index contributed by atoms with van der Waals surface area (Å²) < 4.78 is 1.99. The van der Waals surface area contributed by atoms with Crippen molar-refractivity contribution in [3.63, 3.8) is 0 Å². The van der Waals surface area contributed by atoms with Crippen LogP contribution < -0.4 is 0 Å². The Bertz CT molecular complexity index is 283. The molecule has 0 spiro atoms. The first-order valence-electron chi connectivity index (χ1n) is 3.71. The number of fused-ring (bicyclic) bond motifs is 1. The number of hydrogen-bond donors (Lipinski definition) is 0. The molecule has 56 valence electrons. The molecule has 0 saturated carbocycles. The molecule has 2 radical (unpaired) electrons. The van der Waals surface area contributed by atoms with Gasteiger partial charge in [0.05, 0.1) is 0 Å². The summed E-state index contributed by atoms with van der Waals surface area (Å²) in [7, 11) is 0. The van der Waals surface area contributed by atoms with Crippen molar-refractivity contribution >= 4 is 32.8 Å². The molecule has 0 saturated heterocycles. The quantitative estimate of drug-likeness (QED) is 0.636. The van der Waals surface area contributed by atoms with Gasteiger partial charge in [-0.1, -0.05) is 0 Å². The number of hydrogen-bond acceptors (Lipinski definition) is 0. The summed E-state index contributed by atoms with van der Waals surface area (Å²) in [4.78, 5) is 0. The third-order valence-electron chi connectivity index (χ3n) is 2.08. The maximum atomic E-state index is 3.48. The van der Waals surface area contributed by atoms with Crippen molar-refractivity contribution in [2.24, 2.45) is 0 Å². The molecule has 0 amide bonds. The van der Waals surface area contributed by atoms with E-state index in [1.807, 2.05) is 0 Å². The van der Waals surface area contributed by atoms with Gasteiger partial charge in [0.2, 0.25) is 0 Å². The van der Waals surface area contributed by atoms with E-state index in [-0.39, 0.29) is 0 Å². The van der Waals surface area contributed by atoms with E-state index in [4.69, 9.17) is 0 Å². The van der Waals surface area contributed by atoms with Crippen LogP contribution in [0.1, 0.15) is 11.1 Å². The third-order valence-corrected chi connectivity index (χ3v) is 3.34. The topological polar surface area (TPSA) is 0 Å². The van der Waals surface area contributed by atoms with Gasteiger partial charge >= 0.3 is 84.1 Å². The van der Waals surface area contributed by atoms with Crippen LogP contribution in [0.3, 0.4) is 0 Å². The molecule has 0 aromatic heterocycles. The molecule has 1 aromatic carbocycles. The second-order valence-electron chi connectivity index (χ2n) is 2.98. The fourth-order valence-corrected chi connectivity index (χ4v) is 2.80. The van der Waals surface area contributed by atoms with Crippen molar-refractivity contribution < 1.29 is 0 Å². The number of benzene rings is 1. The SMILES string of the molecule is [As]C1Cc2ccc(Br)cc2C1. The van der Waals surface area contributed by atoms with E-state index in [9.17, 15) is 0 Å². The van der Waals surface area contributed by atoms with Crippen LogP contribution >= 0.6 is 15.9 Å². The average molecular weight is 271 g/mol. The molecule has 0 heterocycles. The van der Waals surface area contributed by atoms with Crippen molar-refractivity contribution in [2.45, 2.75) is 17.5 Å². The van der Waals surface area contributed by atoms with Gasteiger partial charge in [0.1, 0.15) is 0 Å². The van der Waals surface area contributed by atoms with Crippen LogP contribution in [-0.4, -0.2) is 16.9 Å². The summed E-state index contributed by atoms with van der Waals surface area (Å²) in [5.41, 5.74) is 3.05. The zero-order valence-electron chi connectivity index (χ0n) is 6.05. The van der Waals surface area contributed by atoms with Gasteiger partial charge < -0.3 is 0 Å². The van der Waals surface area contributed by atoms with Gasteiger partial charge in [-0.2, -0.15) is 0 Å². The van der Waals surface area contributed by atoms with Crippen molar-refractivity contribution in [1.29, 1.82) is 0 Å². The first kappa shape index (κ1) is 7.88. The van der Waals surface area contributed by atoms with Crippen molar-refractivity contribution in [3.8, 4) is 0 Å². The third kappa shape index (κ3) is 1.55. The van der Waals surface area contributed by atoms with E-state index < -0.39 is 0 Å². The maximum absolute atomic E-state index is 3.48. The Kier molecular flexibility index (Phi) is 2.12. The molecule has 0 N–H and O–H groups in total. The Hall–Kier alpha value is 0.258. The van der Waals surface area contributed by atoms with E-state index in [1.54, 1.807) is 0 Å². The van der Waals surface area contributed by atoms with E-state index in [1.165, 1.54) is 28.4 Å². The second-order valence-corrected chi connectivity index (χ2v) is 5.42. The van der Waals surface area contributed by atoms with Crippen LogP contribution in [0.2, 0.25) is 4.71 Å². The van der Waals surface area contributed by atoms with Gasteiger partial charge in [0.15, 0.2) is 0 Å². The van der Waals surface area contributed by atoms with Crippen molar-refractivity contribution in [2.75, 3.05) is 0 Å². The van der Waals surface area contributed by atoms with E-state index in [2.05, 4.69) is 51.0 Å². The van der Waals surface area contributed by atoms with Crippen LogP contribution in [0.4, 0.5) is 0 Å². The van der Waals surface area contributed by atoms with Crippen LogP contribution in [-0.2, 0) is 12.8 Å². The van der Waals surface area contributed by atoms with Gasteiger partial charge in [-0.3, -0.25) is 0 Å². The van der Waals surface area contributed by atoms with Crippen molar-refractivity contribution in [1.82, 2.24) is 0 Å². The van der Waals surface area contributed by atoms with Crippen LogP contribution in [0.15, 0.2) is 22.7 Å². The molecule has 0 fully saturated rings. The zero-order valence-corrected chi connectivity index (χ0v) is 9.51. The Balaban J connectivity index is 2.43. The summed E-state index contributed by atoms with van der Waals surface area (Å²) in [5.74, 6) is 0. The standard InChI is InChI=1S/C9H8AsBr/c10-8-3-6-1-2-9(11)5-7(6)4-8/h1-2,5,8H,3-4H2. The van der Waals surface area contributed by atoms with Crippen LogP contribution in [0.5, 0.6) is 0 Å². The van der Waals surface area contributed by atoms with Gasteiger partial charge in [0.25, 0.3) is 0 Å². The summed E-state index contributed by atoms with van der Waals surface area (Å²) >= 11 is 6.23. The Labute approximate surface area is 84.0 Å². The molecule has 2 rings (SSSR count). The average Bonchev–Trinajstić information content (AvgIpc) is 2.27. The molecule has 0 bridgehead atoms. The Morgan fingerprint density at radius 3 is 2.82 bits per heavy atom. The van der Waals surface area contributed by atoms with Gasteiger partial charge in [-0.05, 0) is 0 Å². The summed E-state index contributed by atoms with van der Waals surface area (Å²) in [6.45, 7) is 0. The minimum atomic E-state index is 0.784. The fourth-order valence-electron chi connectivity index (χ4n) is 1.56. The predicted octanol–water partition coefficient (Wildman–Crippen LogP) is 2.50. The molecule has 0 nitrogen and oxygen atoms in total. The molecule has 1 unspecified atom stereocenters. The van der Waals surface area contributed by atoms with Gasteiger partial charge in [-0.15, -0.1) is 0 Å². The van der Waals surface area contributed by atoms with Crippen LogP contribution in [0.25, 0.3) is 0 Å². The van der Waals surface area contributed by atoms with E-state index in [0.717, 1.165) is 4.71 Å². The molecular weight excluding hydrogens is 263 g/mol. The fraction of sp³-hybridized carbons (Fsp3) is 0.333. The molecule has 0 aliphatic heterocycles. The number of rotatable bonds is 0. The second kappa shape index (κ2) is 2.95. The number of halogens is 1. The summed E-state index contributed by atoms with van der Waals surface area (Å²) in [5, 5.41) is 0. The minimum absolute atomic E-state index is 0.784. The Morgan fingerprint density at radius 1 is 1.27 bits per heavy atom. The van der Waals surface area contributed by atoms with Gasteiger partial charge in [-0.25, -0.2) is 0 Å². The van der Waals surface area contributed by atoms with E-state index in [0.29, 0.717) is 0 Å². The normalized spacial score (nSPS) is 21.8. The van der Waals surface area contributed by atoms with Crippen molar-refractivity contribution in [3.05, 3.63) is 33.8 Å². The molecule has 1 aliphatic carbocycles. The van der Waals surface area contributed by atoms with E-state index >= 15 is 0 Å². The monoisotopic (exact) mass is 270 g/mol. The van der Waals surface area contributed by atoms with Crippen LogP contribution in [0, 0.1) is 0 Å². The molecule has 1 atom stereocenters. The molecule has 1 aromatic rings.